The largest absolute Gasteiger partial charge is 0.508 e. The Morgan fingerprint density at radius 2 is 2.06 bits per heavy atom. The number of hydrogen-bond donors (Lipinski definition) is 2. The summed E-state index contributed by atoms with van der Waals surface area (Å²) < 4.78 is 1.69. The third kappa shape index (κ3) is 3.18. The van der Waals surface area contributed by atoms with Crippen LogP contribution in [0, 0.1) is 0 Å². The Kier molecular flexibility index (Phi) is 3.94. The van der Waals surface area contributed by atoms with E-state index in [-0.39, 0.29) is 5.75 Å². The molecule has 1 aromatic heterocycles. The van der Waals surface area contributed by atoms with Crippen molar-refractivity contribution in [2.24, 2.45) is 5.73 Å². The van der Waals surface area contributed by atoms with E-state index in [0.29, 0.717) is 13.1 Å². The highest BCUT2D eigenvalue weighted by Crippen LogP contribution is 2.21. The second-order valence-electron chi connectivity index (χ2n) is 3.43. The average Bonchev–Trinajstić information content (AvgIpc) is 2.77. The number of rotatable bonds is 5. The van der Waals surface area contributed by atoms with E-state index in [9.17, 15) is 0 Å². The summed E-state index contributed by atoms with van der Waals surface area (Å²) in [5.41, 5.74) is 6.57. The molecule has 0 atom stereocenters. The monoisotopic (exact) mass is 251 g/mol. The number of benzene rings is 1. The standard InChI is InChI=1S/C10H13N5OS/c11-5-6-15-10(12-13-14-15)17-7-8-1-3-9(16)4-2-8/h1-4,16H,5-7,11H2. The maximum absolute atomic E-state index is 9.17. The zero-order chi connectivity index (χ0) is 12.1. The van der Waals surface area contributed by atoms with Crippen LogP contribution in [0.25, 0.3) is 0 Å². The molecule has 2 aromatic rings. The van der Waals surface area contributed by atoms with E-state index in [2.05, 4.69) is 15.5 Å². The quantitative estimate of drug-likeness (QED) is 0.757. The first-order valence-electron chi connectivity index (χ1n) is 5.16. The zero-order valence-corrected chi connectivity index (χ0v) is 9.97. The van der Waals surface area contributed by atoms with Crippen LogP contribution in [0.2, 0.25) is 0 Å². The molecule has 0 bridgehead atoms. The summed E-state index contributed by atoms with van der Waals surface area (Å²) in [6.45, 7) is 1.13. The molecule has 0 saturated carbocycles. The van der Waals surface area contributed by atoms with Gasteiger partial charge in [0.15, 0.2) is 0 Å². The van der Waals surface area contributed by atoms with E-state index >= 15 is 0 Å². The molecule has 0 aliphatic carbocycles. The molecular formula is C10H13N5OS. The van der Waals surface area contributed by atoms with Crippen molar-refractivity contribution in [2.75, 3.05) is 6.54 Å². The summed E-state index contributed by atoms with van der Waals surface area (Å²) in [6.07, 6.45) is 0. The molecule has 17 heavy (non-hydrogen) atoms. The SMILES string of the molecule is NCCn1nnnc1SCc1ccc(O)cc1. The molecule has 1 heterocycles. The van der Waals surface area contributed by atoms with Crippen LogP contribution in [-0.4, -0.2) is 31.9 Å². The highest BCUT2D eigenvalue weighted by atomic mass is 32.2. The molecule has 0 saturated heterocycles. The minimum Gasteiger partial charge on any atom is -0.508 e. The third-order valence-corrected chi connectivity index (χ3v) is 3.17. The van der Waals surface area contributed by atoms with Crippen LogP contribution < -0.4 is 5.73 Å². The third-order valence-electron chi connectivity index (χ3n) is 2.14. The lowest BCUT2D eigenvalue weighted by molar-refractivity contribution is 0.475. The lowest BCUT2D eigenvalue weighted by Gasteiger charge is -2.02. The van der Waals surface area contributed by atoms with E-state index in [1.54, 1.807) is 28.6 Å². The van der Waals surface area contributed by atoms with E-state index in [1.807, 2.05) is 12.1 Å². The van der Waals surface area contributed by atoms with Gasteiger partial charge in [-0.25, -0.2) is 4.68 Å². The fraction of sp³-hybridized carbons (Fsp3) is 0.300. The van der Waals surface area contributed by atoms with Gasteiger partial charge < -0.3 is 10.8 Å². The number of phenolic OH excluding ortho intramolecular Hbond substituents is 1. The number of thioether (sulfide) groups is 1. The molecular weight excluding hydrogens is 238 g/mol. The number of tetrazole rings is 1. The Morgan fingerprint density at radius 1 is 1.29 bits per heavy atom. The van der Waals surface area contributed by atoms with Crippen molar-refractivity contribution in [2.45, 2.75) is 17.5 Å². The maximum atomic E-state index is 9.17. The van der Waals surface area contributed by atoms with Crippen molar-refractivity contribution >= 4 is 11.8 Å². The molecule has 7 heteroatoms. The highest BCUT2D eigenvalue weighted by molar-refractivity contribution is 7.98. The van der Waals surface area contributed by atoms with E-state index < -0.39 is 0 Å². The van der Waals surface area contributed by atoms with Crippen molar-refractivity contribution in [1.82, 2.24) is 20.2 Å². The summed E-state index contributed by atoms with van der Waals surface area (Å²) in [7, 11) is 0. The summed E-state index contributed by atoms with van der Waals surface area (Å²) in [4.78, 5) is 0. The van der Waals surface area contributed by atoms with Crippen LogP contribution >= 0.6 is 11.8 Å². The Balaban J connectivity index is 1.97. The van der Waals surface area contributed by atoms with E-state index in [4.69, 9.17) is 10.8 Å². The minimum atomic E-state index is 0.270. The molecule has 0 amide bonds. The second-order valence-corrected chi connectivity index (χ2v) is 4.37. The lowest BCUT2D eigenvalue weighted by Crippen LogP contribution is -2.12. The Bertz CT molecular complexity index is 470. The van der Waals surface area contributed by atoms with E-state index in [1.165, 1.54) is 0 Å². The fourth-order valence-corrected chi connectivity index (χ4v) is 2.16. The second kappa shape index (κ2) is 5.65. The number of hydrogen-bond acceptors (Lipinski definition) is 6. The normalized spacial score (nSPS) is 10.6. The van der Waals surface area contributed by atoms with Crippen molar-refractivity contribution in [3.63, 3.8) is 0 Å². The van der Waals surface area contributed by atoms with Gasteiger partial charge in [0.05, 0.1) is 6.54 Å². The fourth-order valence-electron chi connectivity index (χ4n) is 1.30. The molecule has 0 unspecified atom stereocenters. The van der Waals surface area contributed by atoms with Crippen molar-refractivity contribution in [3.05, 3.63) is 29.8 Å². The molecule has 2 rings (SSSR count). The molecule has 6 nitrogen and oxygen atoms in total. The van der Waals surface area contributed by atoms with Crippen LogP contribution in [0.3, 0.4) is 0 Å². The van der Waals surface area contributed by atoms with Gasteiger partial charge in [0.2, 0.25) is 5.16 Å². The number of phenols is 1. The van der Waals surface area contributed by atoms with Crippen LogP contribution in [0.1, 0.15) is 5.56 Å². The summed E-state index contributed by atoms with van der Waals surface area (Å²) in [5, 5.41) is 21.3. The summed E-state index contributed by atoms with van der Waals surface area (Å²) >= 11 is 1.54. The zero-order valence-electron chi connectivity index (χ0n) is 9.15. The molecule has 1 aromatic carbocycles. The van der Waals surface area contributed by atoms with Crippen molar-refractivity contribution < 1.29 is 5.11 Å². The van der Waals surface area contributed by atoms with Crippen LogP contribution in [0.4, 0.5) is 0 Å². The molecule has 0 aliphatic heterocycles. The van der Waals surface area contributed by atoms with Crippen molar-refractivity contribution in [1.29, 1.82) is 0 Å². The lowest BCUT2D eigenvalue weighted by atomic mass is 10.2. The molecule has 0 aliphatic rings. The number of aromatic hydroxyl groups is 1. The van der Waals surface area contributed by atoms with Gasteiger partial charge in [0.1, 0.15) is 5.75 Å². The van der Waals surface area contributed by atoms with E-state index in [0.717, 1.165) is 16.5 Å². The average molecular weight is 251 g/mol. The first-order valence-corrected chi connectivity index (χ1v) is 6.15. The van der Waals surface area contributed by atoms with Gasteiger partial charge >= 0.3 is 0 Å². The topological polar surface area (TPSA) is 89.9 Å². The Labute approximate surface area is 103 Å². The number of nitrogens with two attached hydrogens (primary N) is 1. The van der Waals surface area contributed by atoms with Gasteiger partial charge in [0.25, 0.3) is 0 Å². The Hall–Kier alpha value is -1.60. The van der Waals surface area contributed by atoms with Gasteiger partial charge in [0, 0.05) is 12.3 Å². The summed E-state index contributed by atoms with van der Waals surface area (Å²) in [6, 6.07) is 7.08. The Morgan fingerprint density at radius 3 is 2.76 bits per heavy atom. The van der Waals surface area contributed by atoms with Crippen LogP contribution in [-0.2, 0) is 12.3 Å². The molecule has 0 fully saturated rings. The predicted molar refractivity (Wildman–Crippen MR) is 64.5 cm³/mol. The van der Waals surface area contributed by atoms with Crippen molar-refractivity contribution in [3.8, 4) is 5.75 Å². The van der Waals surface area contributed by atoms with Crippen LogP contribution in [0.5, 0.6) is 5.75 Å². The minimum absolute atomic E-state index is 0.270. The molecule has 3 N–H and O–H groups in total. The first-order chi connectivity index (χ1) is 8.29. The maximum Gasteiger partial charge on any atom is 0.209 e. The van der Waals surface area contributed by atoms with Gasteiger partial charge in [-0.05, 0) is 28.1 Å². The van der Waals surface area contributed by atoms with Gasteiger partial charge in [-0.3, -0.25) is 0 Å². The smallest absolute Gasteiger partial charge is 0.209 e. The molecule has 0 spiro atoms. The van der Waals surface area contributed by atoms with Crippen LogP contribution in [0.15, 0.2) is 29.4 Å². The first kappa shape index (κ1) is 11.9. The highest BCUT2D eigenvalue weighted by Gasteiger charge is 2.06. The van der Waals surface area contributed by atoms with Gasteiger partial charge in [-0.15, -0.1) is 5.10 Å². The summed E-state index contributed by atoms with van der Waals surface area (Å²) in [5.74, 6) is 1.03. The number of nitrogens with zero attached hydrogens (tertiary/aromatic N) is 4. The molecule has 90 valence electrons. The van der Waals surface area contributed by atoms with Gasteiger partial charge in [-0.2, -0.15) is 0 Å². The molecule has 0 radical (unpaired) electrons. The van der Waals surface area contributed by atoms with Gasteiger partial charge in [-0.1, -0.05) is 23.9 Å². The predicted octanol–water partition coefficient (Wildman–Crippen LogP) is 0.630. The number of aromatic nitrogens is 4.